The molecule has 6 N–H and O–H groups in total. The number of aliphatic hydroxyl groups excluding tert-OH is 4. The smallest absolute Gasteiger partial charge is 0.342 e. The fourth-order valence-electron chi connectivity index (χ4n) is 14.5. The van der Waals surface area contributed by atoms with Gasteiger partial charge in [0.25, 0.3) is 5.97 Å². The monoisotopic (exact) mass is 1370 g/mol. The third kappa shape index (κ3) is 13.0. The number of phenols is 1. The number of halogens is 2. The van der Waals surface area contributed by atoms with Gasteiger partial charge >= 0.3 is 17.9 Å². The molecule has 10 heterocycles. The Morgan fingerprint density at radius 1 is 0.634 bits per heavy atom. The summed E-state index contributed by atoms with van der Waals surface area (Å²) in [6.07, 6.45) is -32.7. The highest BCUT2D eigenvalue weighted by Gasteiger charge is 2.73. The first-order valence-electron chi connectivity index (χ1n) is 30.8. The number of rotatable bonds is 17. The molecule has 0 bridgehead atoms. The van der Waals surface area contributed by atoms with Crippen molar-refractivity contribution in [3.05, 3.63) is 21.2 Å². The number of aliphatic hydroxyl groups is 5. The minimum atomic E-state index is -2.12. The van der Waals surface area contributed by atoms with E-state index in [1.54, 1.807) is 34.6 Å². The van der Waals surface area contributed by atoms with Gasteiger partial charge in [-0.25, -0.2) is 4.79 Å². The van der Waals surface area contributed by atoms with Crippen molar-refractivity contribution in [3.8, 4) is 11.5 Å². The van der Waals surface area contributed by atoms with Gasteiger partial charge in [-0.1, -0.05) is 23.2 Å². The number of fused-ring (bicyclic) bond motifs is 4. The van der Waals surface area contributed by atoms with Crippen molar-refractivity contribution in [2.24, 2.45) is 0 Å². The van der Waals surface area contributed by atoms with Crippen molar-refractivity contribution >= 4 is 40.9 Å². The standard InChI is InChI=1S/C59H84Cl2O32/c1-20-34(45(73-12)36(61)37(66)35(20)60)52(69)85-40-21(2)78-32(14-28(40)64)83-41-23(4)88-57(15-29(41)65)92-49-24(5)79-33(16-56(49,9)93-57)84-46-39(68)53(80-22(3)42(46)72-11)86-43-30(17-71-10)82-55(47(74-13)38(43)67)87-54-48(81-27(8)63)44-31(18-75-54)90-59(91-44)51-50(76-19-77-51)58(70,25(6)62)26(7)89-59/h21-24,26,28-33,38-44,46-51,53-55,64-68,70H,14-19H2,1-13H3/t21-,22-,23-,24-,26-,28-,29-,30-,31+,32?,33?,38+,39?,40-,41-,42+,43-,44-,46?,47+,48-,49-,50-,51-,53+,54?,55+,56-,57?,58+,59?/m1/s1. The molecule has 34 heteroatoms. The largest absolute Gasteiger partial charge is 0.505 e. The molecule has 2 spiro atoms. The van der Waals surface area contributed by atoms with Crippen LogP contribution in [0.3, 0.4) is 0 Å². The average Bonchev–Trinajstić information content (AvgIpc) is 1.59. The first kappa shape index (κ1) is 71.3. The zero-order chi connectivity index (χ0) is 67.3. The Hall–Kier alpha value is -2.99. The van der Waals surface area contributed by atoms with E-state index in [-0.39, 0.29) is 66.2 Å². The maximum Gasteiger partial charge on any atom is 0.342 e. The molecule has 32 nitrogen and oxygen atoms in total. The van der Waals surface area contributed by atoms with Gasteiger partial charge in [0.15, 0.2) is 66.4 Å². The van der Waals surface area contributed by atoms with Crippen molar-refractivity contribution in [3.63, 3.8) is 0 Å². The van der Waals surface area contributed by atoms with Crippen molar-refractivity contribution < 1.29 is 154 Å². The molecule has 93 heavy (non-hydrogen) atoms. The van der Waals surface area contributed by atoms with Crippen LogP contribution in [0.4, 0.5) is 0 Å². The van der Waals surface area contributed by atoms with Gasteiger partial charge in [-0.05, 0) is 61.0 Å². The molecule has 0 radical (unpaired) electrons. The SMILES string of the molecule is COC[C@H]1O[C@@H](OC2OC[C@@H]3OC4(O[C@H]3[C@H]2OC(C)=O)O[C@H](C)[C@@](O)(C(C)=O)[C@@H]2OCO[C@H]24)[C@@H](OC)[C@@H](O)[C@@H]1O[C@@H]1O[C@H](C)[C@H](OC)C(OC2C[C@@]3(C)OC4(C[C@@H](O)[C@H](OC5C[C@@H](O)[C@H](OC(=O)c6c(C)c(Cl)c(O)c(Cl)c6OC)[C@@H](C)O5)[C@@H](C)O4)O[C@@H]3[C@@H](C)O2)C1O. The maximum atomic E-state index is 13.5. The molecular weight excluding hydrogens is 1290 g/mol. The van der Waals surface area contributed by atoms with Crippen LogP contribution in [0.5, 0.6) is 11.5 Å². The van der Waals surface area contributed by atoms with Crippen LogP contribution in [0.25, 0.3) is 0 Å². The number of aromatic hydroxyl groups is 1. The van der Waals surface area contributed by atoms with Gasteiger partial charge in [-0.2, -0.15) is 0 Å². The molecular formula is C59H84Cl2O32. The lowest BCUT2D eigenvalue weighted by atomic mass is 9.81. The first-order chi connectivity index (χ1) is 44.0. The Labute approximate surface area is 544 Å². The number of hydrogen-bond acceptors (Lipinski definition) is 32. The summed E-state index contributed by atoms with van der Waals surface area (Å²) in [7, 11) is 5.34. The van der Waals surface area contributed by atoms with Crippen molar-refractivity contribution in [1.82, 2.24) is 0 Å². The van der Waals surface area contributed by atoms with Gasteiger partial charge in [-0.15, -0.1) is 0 Å². The maximum absolute atomic E-state index is 13.5. The highest BCUT2D eigenvalue weighted by Crippen LogP contribution is 2.53. The van der Waals surface area contributed by atoms with Crippen LogP contribution in [0.15, 0.2) is 0 Å². The van der Waals surface area contributed by atoms with Gasteiger partial charge < -0.3 is 140 Å². The third-order valence-electron chi connectivity index (χ3n) is 19.0. The normalized spacial score (nSPS) is 48.0. The Morgan fingerprint density at radius 2 is 1.32 bits per heavy atom. The zero-order valence-electron chi connectivity index (χ0n) is 53.4. The molecule has 10 fully saturated rings. The summed E-state index contributed by atoms with van der Waals surface area (Å²) in [6.45, 7) is 12.9. The van der Waals surface area contributed by atoms with Crippen molar-refractivity contribution in [1.29, 1.82) is 0 Å². The summed E-state index contributed by atoms with van der Waals surface area (Å²) in [5.41, 5.74) is -3.33. The predicted molar refractivity (Wildman–Crippen MR) is 304 cm³/mol. The van der Waals surface area contributed by atoms with E-state index in [1.165, 1.54) is 49.2 Å². The number of Topliss-reactive ketones (excluding diaryl/α,β-unsaturated/α-hetero) is 1. The molecule has 526 valence electrons. The van der Waals surface area contributed by atoms with E-state index in [4.69, 9.17) is 132 Å². The second kappa shape index (κ2) is 27.6. The minimum Gasteiger partial charge on any atom is -0.505 e. The van der Waals surface area contributed by atoms with Crippen LogP contribution >= 0.6 is 23.2 Å². The molecule has 10 aliphatic rings. The fraction of sp³-hybridized carbons (Fsp3) is 0.847. The molecule has 10 saturated heterocycles. The Balaban J connectivity index is 0.715. The number of methoxy groups -OCH3 is 4. The molecule has 10 aliphatic heterocycles. The first-order valence-corrected chi connectivity index (χ1v) is 31.5. The Morgan fingerprint density at radius 3 is 1.98 bits per heavy atom. The number of benzene rings is 1. The third-order valence-corrected chi connectivity index (χ3v) is 19.8. The summed E-state index contributed by atoms with van der Waals surface area (Å²) in [4.78, 5) is 39.1. The molecule has 31 atom stereocenters. The molecule has 1 aromatic rings. The molecule has 1 aromatic carbocycles. The van der Waals surface area contributed by atoms with Gasteiger partial charge in [0.1, 0.15) is 96.2 Å². The zero-order valence-corrected chi connectivity index (χ0v) is 54.9. The lowest BCUT2D eigenvalue weighted by Crippen LogP contribution is -2.72. The van der Waals surface area contributed by atoms with E-state index in [2.05, 4.69) is 0 Å². The Bertz CT molecular complexity index is 2840. The van der Waals surface area contributed by atoms with E-state index in [0.717, 1.165) is 6.92 Å². The van der Waals surface area contributed by atoms with E-state index in [9.17, 15) is 45.0 Å². The van der Waals surface area contributed by atoms with E-state index in [1.807, 2.05) is 0 Å². The summed E-state index contributed by atoms with van der Waals surface area (Å²) in [5.74, 6) is -6.85. The molecule has 0 aromatic heterocycles. The molecule has 11 rings (SSSR count). The molecule has 0 aliphatic carbocycles. The van der Waals surface area contributed by atoms with Gasteiger partial charge in [0.05, 0.1) is 74.5 Å². The second-order valence-electron chi connectivity index (χ2n) is 25.2. The van der Waals surface area contributed by atoms with E-state index in [0.29, 0.717) is 0 Å². The fourth-order valence-corrected chi connectivity index (χ4v) is 15.0. The highest BCUT2D eigenvalue weighted by molar-refractivity contribution is 6.39. The van der Waals surface area contributed by atoms with Crippen LogP contribution in [0, 0.1) is 6.92 Å². The van der Waals surface area contributed by atoms with Crippen LogP contribution in [0.1, 0.15) is 90.6 Å². The number of ether oxygens (including phenoxy) is 23. The molecule has 0 saturated carbocycles. The number of esters is 2. The lowest BCUT2D eigenvalue weighted by molar-refractivity contribution is -0.428. The van der Waals surface area contributed by atoms with Gasteiger partial charge in [-0.3, -0.25) is 9.59 Å². The number of carbonyl (C=O) groups excluding carboxylic acids is 3. The van der Waals surface area contributed by atoms with E-state index < -0.39 is 212 Å². The molecule has 0 amide bonds. The summed E-state index contributed by atoms with van der Waals surface area (Å²) < 4.78 is 141. The average molecular weight is 1380 g/mol. The lowest BCUT2D eigenvalue weighted by Gasteiger charge is -2.49. The quantitative estimate of drug-likeness (QED) is 0.115. The number of hydrogen-bond donors (Lipinski definition) is 6. The van der Waals surface area contributed by atoms with Crippen LogP contribution in [-0.2, 0) is 114 Å². The van der Waals surface area contributed by atoms with Crippen LogP contribution < -0.4 is 4.74 Å². The van der Waals surface area contributed by atoms with Crippen LogP contribution in [-0.4, -0.2) is 286 Å². The van der Waals surface area contributed by atoms with Crippen molar-refractivity contribution in [2.45, 2.75) is 270 Å². The summed E-state index contributed by atoms with van der Waals surface area (Å²) in [5, 5.41) is 68.9. The number of ketones is 1. The van der Waals surface area contributed by atoms with Gasteiger partial charge in [0.2, 0.25) is 6.29 Å². The predicted octanol–water partition coefficient (Wildman–Crippen LogP) is 0.416. The van der Waals surface area contributed by atoms with Crippen LogP contribution in [0.2, 0.25) is 10.0 Å². The Kier molecular flexibility index (Phi) is 21.2. The number of carbonyl (C=O) groups is 3. The van der Waals surface area contributed by atoms with Gasteiger partial charge in [0, 0.05) is 41.1 Å². The van der Waals surface area contributed by atoms with Crippen molar-refractivity contribution in [2.75, 3.05) is 48.4 Å². The minimum absolute atomic E-state index is 0.00377. The summed E-state index contributed by atoms with van der Waals surface area (Å²) >= 11 is 12.5. The second-order valence-corrected chi connectivity index (χ2v) is 26.0. The highest BCUT2D eigenvalue weighted by atomic mass is 35.5. The summed E-state index contributed by atoms with van der Waals surface area (Å²) in [6, 6.07) is 0. The van der Waals surface area contributed by atoms with E-state index >= 15 is 0 Å². The molecule has 7 unspecified atom stereocenters. The topological polar surface area (TPSA) is 385 Å². The number of phenolic OH excluding ortho intramolecular Hbond substituents is 1.